The van der Waals surface area contributed by atoms with Crippen molar-refractivity contribution in [3.63, 3.8) is 0 Å². The zero-order valence-corrected chi connectivity index (χ0v) is 10.3. The van der Waals surface area contributed by atoms with Crippen LogP contribution in [-0.2, 0) is 4.74 Å². The van der Waals surface area contributed by atoms with Gasteiger partial charge in [-0.1, -0.05) is 6.07 Å². The van der Waals surface area contributed by atoms with Crippen LogP contribution < -0.4 is 10.1 Å². The highest BCUT2D eigenvalue weighted by atomic mass is 16.5. The van der Waals surface area contributed by atoms with Crippen molar-refractivity contribution < 1.29 is 14.3 Å². The van der Waals surface area contributed by atoms with Gasteiger partial charge in [-0.2, -0.15) is 0 Å². The number of urea groups is 1. The molecule has 98 valence electrons. The van der Waals surface area contributed by atoms with Crippen LogP contribution in [0.25, 0.3) is 0 Å². The molecule has 1 saturated heterocycles. The number of ether oxygens (including phenoxy) is 2. The molecule has 1 aliphatic rings. The molecule has 0 atom stereocenters. The molecule has 0 aliphatic carbocycles. The zero-order valence-electron chi connectivity index (χ0n) is 10.3. The Labute approximate surface area is 106 Å². The molecule has 6 heteroatoms. The summed E-state index contributed by atoms with van der Waals surface area (Å²) in [6.45, 7) is 2.23. The first-order chi connectivity index (χ1) is 8.79. The molecular weight excluding hydrogens is 234 g/mol. The van der Waals surface area contributed by atoms with Crippen LogP contribution >= 0.6 is 0 Å². The van der Waals surface area contributed by atoms with Crippen LogP contribution in [0.4, 0.5) is 4.79 Å². The lowest BCUT2D eigenvalue weighted by atomic mass is 10.2. The van der Waals surface area contributed by atoms with Gasteiger partial charge in [0, 0.05) is 25.9 Å². The van der Waals surface area contributed by atoms with Gasteiger partial charge in [0.15, 0.2) is 0 Å². The van der Waals surface area contributed by atoms with Gasteiger partial charge in [0.05, 0.1) is 19.7 Å². The van der Waals surface area contributed by atoms with Crippen molar-refractivity contribution in [2.75, 3.05) is 33.4 Å². The average Bonchev–Trinajstić information content (AvgIpc) is 2.34. The van der Waals surface area contributed by atoms with E-state index in [0.29, 0.717) is 32.1 Å². The lowest BCUT2D eigenvalue weighted by molar-refractivity contribution is 0.0408. The van der Waals surface area contributed by atoms with Gasteiger partial charge in [-0.15, -0.1) is 0 Å². The molecule has 2 heterocycles. The fourth-order valence-electron chi connectivity index (χ4n) is 1.64. The maximum absolute atomic E-state index is 11.6. The van der Waals surface area contributed by atoms with Crippen LogP contribution in [0.15, 0.2) is 24.4 Å². The number of hydrogen-bond acceptors (Lipinski definition) is 4. The molecule has 0 saturated carbocycles. The molecule has 1 fully saturated rings. The number of carbonyl (C=O) groups excluding carboxylic acids is 1. The molecule has 6 nitrogen and oxygen atoms in total. The molecule has 1 aliphatic heterocycles. The van der Waals surface area contributed by atoms with Crippen molar-refractivity contribution in [3.05, 3.63) is 24.4 Å². The highest BCUT2D eigenvalue weighted by molar-refractivity contribution is 5.75. The Bertz CT molecular complexity index is 379. The largest absolute Gasteiger partial charge is 0.471 e. The summed E-state index contributed by atoms with van der Waals surface area (Å²) in [5.41, 5.74) is 0. The number of nitrogens with zero attached hydrogens (tertiary/aromatic N) is 2. The summed E-state index contributed by atoms with van der Waals surface area (Å²) in [4.78, 5) is 17.4. The van der Waals surface area contributed by atoms with E-state index in [0.717, 1.165) is 0 Å². The fourth-order valence-corrected chi connectivity index (χ4v) is 1.64. The molecule has 0 bridgehead atoms. The number of hydrogen-bond donors (Lipinski definition) is 1. The van der Waals surface area contributed by atoms with Crippen molar-refractivity contribution >= 4 is 6.03 Å². The van der Waals surface area contributed by atoms with E-state index in [1.165, 1.54) is 0 Å². The van der Waals surface area contributed by atoms with E-state index in [2.05, 4.69) is 10.3 Å². The molecule has 2 amide bonds. The van der Waals surface area contributed by atoms with Crippen LogP contribution in [0.3, 0.4) is 0 Å². The minimum absolute atomic E-state index is 0.0353. The van der Waals surface area contributed by atoms with Crippen LogP contribution in [0.2, 0.25) is 0 Å². The Kier molecular flexibility index (Phi) is 4.35. The van der Waals surface area contributed by atoms with Crippen molar-refractivity contribution in [2.24, 2.45) is 0 Å². The smallest absolute Gasteiger partial charge is 0.317 e. The molecule has 0 unspecified atom stereocenters. The standard InChI is InChI=1S/C12H17N3O3/c1-17-7-6-14-12(16)15-8-10(9-15)18-11-4-2-3-5-13-11/h2-5,10H,6-9H2,1H3,(H,14,16). The second-order valence-corrected chi connectivity index (χ2v) is 4.04. The minimum Gasteiger partial charge on any atom is -0.471 e. The summed E-state index contributed by atoms with van der Waals surface area (Å²) in [5, 5.41) is 2.76. The Morgan fingerprint density at radius 3 is 3.06 bits per heavy atom. The summed E-state index contributed by atoms with van der Waals surface area (Å²) in [6, 6.07) is 5.44. The van der Waals surface area contributed by atoms with Gasteiger partial charge in [0.1, 0.15) is 6.10 Å². The number of nitrogens with one attached hydrogen (secondary N) is 1. The topological polar surface area (TPSA) is 63.7 Å². The van der Waals surface area contributed by atoms with Crippen LogP contribution in [0, 0.1) is 0 Å². The predicted molar refractivity (Wildman–Crippen MR) is 65.5 cm³/mol. The van der Waals surface area contributed by atoms with Gasteiger partial charge in [-0.25, -0.2) is 9.78 Å². The van der Waals surface area contributed by atoms with Gasteiger partial charge in [-0.3, -0.25) is 0 Å². The minimum atomic E-state index is -0.0760. The molecule has 0 radical (unpaired) electrons. The SMILES string of the molecule is COCCNC(=O)N1CC(Oc2ccccn2)C1. The summed E-state index contributed by atoms with van der Waals surface area (Å²) in [7, 11) is 1.60. The number of likely N-dealkylation sites (tertiary alicyclic amines) is 1. The van der Waals surface area contributed by atoms with E-state index in [-0.39, 0.29) is 12.1 Å². The highest BCUT2D eigenvalue weighted by Crippen LogP contribution is 2.15. The van der Waals surface area contributed by atoms with Gasteiger partial charge < -0.3 is 19.7 Å². The first kappa shape index (κ1) is 12.6. The van der Waals surface area contributed by atoms with Crippen LogP contribution in [0.5, 0.6) is 5.88 Å². The molecular formula is C12H17N3O3. The summed E-state index contributed by atoms with van der Waals surface area (Å²) in [5.74, 6) is 0.599. The van der Waals surface area contributed by atoms with Gasteiger partial charge in [0.25, 0.3) is 0 Å². The lowest BCUT2D eigenvalue weighted by Crippen LogP contribution is -2.59. The Balaban J connectivity index is 1.66. The molecule has 1 N–H and O–H groups in total. The van der Waals surface area contributed by atoms with Crippen molar-refractivity contribution in [1.82, 2.24) is 15.2 Å². The third kappa shape index (κ3) is 3.33. The summed E-state index contributed by atoms with van der Waals surface area (Å²) < 4.78 is 10.5. The fraction of sp³-hybridized carbons (Fsp3) is 0.500. The van der Waals surface area contributed by atoms with Crippen molar-refractivity contribution in [1.29, 1.82) is 0 Å². The molecule has 0 aromatic carbocycles. The van der Waals surface area contributed by atoms with Gasteiger partial charge >= 0.3 is 6.03 Å². The van der Waals surface area contributed by atoms with Crippen molar-refractivity contribution in [3.8, 4) is 5.88 Å². The van der Waals surface area contributed by atoms with E-state index in [9.17, 15) is 4.79 Å². The number of methoxy groups -OCH3 is 1. The maximum Gasteiger partial charge on any atom is 0.317 e. The summed E-state index contributed by atoms with van der Waals surface area (Å²) >= 11 is 0. The third-order valence-electron chi connectivity index (χ3n) is 2.64. The number of aromatic nitrogens is 1. The molecule has 1 aromatic heterocycles. The van der Waals surface area contributed by atoms with Crippen molar-refractivity contribution in [2.45, 2.75) is 6.10 Å². The second kappa shape index (κ2) is 6.20. The Morgan fingerprint density at radius 1 is 1.56 bits per heavy atom. The quantitative estimate of drug-likeness (QED) is 0.774. The second-order valence-electron chi connectivity index (χ2n) is 4.04. The number of amides is 2. The third-order valence-corrected chi connectivity index (χ3v) is 2.64. The van der Waals surface area contributed by atoms with E-state index in [1.807, 2.05) is 12.1 Å². The molecule has 1 aromatic rings. The maximum atomic E-state index is 11.6. The summed E-state index contributed by atoms with van der Waals surface area (Å²) in [6.07, 6.45) is 1.72. The van der Waals surface area contributed by atoms with Gasteiger partial charge in [0.2, 0.25) is 5.88 Å². The van der Waals surface area contributed by atoms with Crippen LogP contribution in [-0.4, -0.2) is 55.4 Å². The van der Waals surface area contributed by atoms with Gasteiger partial charge in [-0.05, 0) is 6.07 Å². The molecule has 2 rings (SSSR count). The van der Waals surface area contributed by atoms with E-state index in [4.69, 9.17) is 9.47 Å². The number of carbonyl (C=O) groups is 1. The van der Waals surface area contributed by atoms with E-state index < -0.39 is 0 Å². The lowest BCUT2D eigenvalue weighted by Gasteiger charge is -2.38. The first-order valence-corrected chi connectivity index (χ1v) is 5.89. The highest BCUT2D eigenvalue weighted by Gasteiger charge is 2.32. The average molecular weight is 251 g/mol. The monoisotopic (exact) mass is 251 g/mol. The molecule has 0 spiro atoms. The predicted octanol–water partition coefficient (Wildman–Crippen LogP) is 0.501. The Morgan fingerprint density at radius 2 is 2.39 bits per heavy atom. The Hall–Kier alpha value is -1.82. The zero-order chi connectivity index (χ0) is 12.8. The van der Waals surface area contributed by atoms with E-state index >= 15 is 0 Å². The van der Waals surface area contributed by atoms with E-state index in [1.54, 1.807) is 24.3 Å². The number of rotatable bonds is 5. The number of pyridine rings is 1. The first-order valence-electron chi connectivity index (χ1n) is 5.89. The molecule has 18 heavy (non-hydrogen) atoms. The van der Waals surface area contributed by atoms with Crippen LogP contribution in [0.1, 0.15) is 0 Å². The normalized spacial score (nSPS) is 15.1.